The molecule has 3 nitrogen and oxygen atoms in total. The Hall–Kier alpha value is -2.55. The highest BCUT2D eigenvalue weighted by Crippen LogP contribution is 2.33. The minimum atomic E-state index is -0.595. The maximum Gasteiger partial charge on any atom is 0.342 e. The molecule has 0 aliphatic carbocycles. The minimum absolute atomic E-state index is 0.0301. The maximum absolute atomic E-state index is 12.2. The van der Waals surface area contributed by atoms with Crippen molar-refractivity contribution in [3.63, 3.8) is 0 Å². The van der Waals surface area contributed by atoms with Gasteiger partial charge in [-0.15, -0.1) is 0 Å². The van der Waals surface area contributed by atoms with E-state index < -0.39 is 11.6 Å². The highest BCUT2D eigenvalue weighted by molar-refractivity contribution is 6.06. The Morgan fingerprint density at radius 2 is 1.59 bits per heavy atom. The summed E-state index contributed by atoms with van der Waals surface area (Å²) in [5.41, 5.74) is -0.403. The lowest BCUT2D eigenvalue weighted by Crippen LogP contribution is -2.23. The quantitative estimate of drug-likeness (QED) is 0.524. The normalized spacial score (nSPS) is 11.8. The van der Waals surface area contributed by atoms with E-state index in [-0.39, 0.29) is 11.3 Å². The molecular weight excluding hydrogens is 276 g/mol. The summed E-state index contributed by atoms with van der Waals surface area (Å²) in [5, 5.41) is 14.1. The van der Waals surface area contributed by atoms with Crippen LogP contribution in [0.3, 0.4) is 0 Å². The van der Waals surface area contributed by atoms with Gasteiger partial charge in [-0.05, 0) is 55.1 Å². The van der Waals surface area contributed by atoms with E-state index in [1.54, 1.807) is 26.8 Å². The van der Waals surface area contributed by atoms with Crippen molar-refractivity contribution in [1.82, 2.24) is 0 Å². The topological polar surface area (TPSA) is 46.5 Å². The number of phenols is 1. The van der Waals surface area contributed by atoms with Gasteiger partial charge in [-0.25, -0.2) is 4.79 Å². The minimum Gasteiger partial charge on any atom is -0.506 e. The van der Waals surface area contributed by atoms with Gasteiger partial charge < -0.3 is 9.84 Å². The Kier molecular flexibility index (Phi) is 3.28. The molecule has 0 fully saturated rings. The van der Waals surface area contributed by atoms with E-state index in [0.29, 0.717) is 5.39 Å². The molecule has 0 atom stereocenters. The highest BCUT2D eigenvalue weighted by Gasteiger charge is 2.21. The first-order valence-corrected chi connectivity index (χ1v) is 7.23. The third kappa shape index (κ3) is 2.62. The number of phenolic OH excluding ortho intramolecular Hbond substituents is 1. The van der Waals surface area contributed by atoms with E-state index in [1.807, 2.05) is 42.5 Å². The van der Waals surface area contributed by atoms with Crippen LogP contribution >= 0.6 is 0 Å². The fourth-order valence-corrected chi connectivity index (χ4v) is 2.50. The summed E-state index contributed by atoms with van der Waals surface area (Å²) in [6, 6.07) is 15.3. The molecule has 0 aliphatic heterocycles. The van der Waals surface area contributed by atoms with Crippen molar-refractivity contribution in [3.8, 4) is 5.75 Å². The second-order valence-electron chi connectivity index (χ2n) is 6.38. The number of hydrogen-bond acceptors (Lipinski definition) is 3. The zero-order chi connectivity index (χ0) is 15.9. The Bertz CT molecular complexity index is 873. The highest BCUT2D eigenvalue weighted by atomic mass is 16.6. The first-order chi connectivity index (χ1) is 10.3. The average Bonchev–Trinajstić information content (AvgIpc) is 2.44. The number of fused-ring (bicyclic) bond motifs is 2. The summed E-state index contributed by atoms with van der Waals surface area (Å²) in [6.45, 7) is 5.41. The van der Waals surface area contributed by atoms with E-state index in [2.05, 4.69) is 0 Å². The molecular formula is C19H18O3. The van der Waals surface area contributed by atoms with Crippen molar-refractivity contribution < 1.29 is 14.6 Å². The van der Waals surface area contributed by atoms with Crippen LogP contribution in [-0.4, -0.2) is 16.7 Å². The van der Waals surface area contributed by atoms with Crippen LogP contribution < -0.4 is 0 Å². The van der Waals surface area contributed by atoms with Gasteiger partial charge in [0.25, 0.3) is 0 Å². The van der Waals surface area contributed by atoms with Gasteiger partial charge in [-0.3, -0.25) is 0 Å². The van der Waals surface area contributed by atoms with E-state index in [4.69, 9.17) is 4.74 Å². The Labute approximate surface area is 129 Å². The van der Waals surface area contributed by atoms with Crippen molar-refractivity contribution in [2.45, 2.75) is 26.4 Å². The van der Waals surface area contributed by atoms with Crippen molar-refractivity contribution in [2.24, 2.45) is 0 Å². The zero-order valence-corrected chi connectivity index (χ0v) is 12.9. The molecule has 0 aliphatic rings. The standard InChI is InChI=1S/C19H18O3/c1-19(2,3)22-18(21)15-9-8-14-10-12-6-4-5-7-13(12)11-16(14)17(15)20/h4-11,20H,1-3H3. The number of benzene rings is 3. The van der Waals surface area contributed by atoms with Crippen molar-refractivity contribution in [3.05, 3.63) is 54.1 Å². The number of carbonyl (C=O) groups excluding carboxylic acids is 1. The van der Waals surface area contributed by atoms with Gasteiger partial charge in [-0.1, -0.05) is 30.3 Å². The Morgan fingerprint density at radius 3 is 2.23 bits per heavy atom. The molecule has 22 heavy (non-hydrogen) atoms. The van der Waals surface area contributed by atoms with Crippen LogP contribution in [0, 0.1) is 0 Å². The largest absolute Gasteiger partial charge is 0.506 e. The molecule has 0 heterocycles. The summed E-state index contributed by atoms with van der Waals surface area (Å²) in [5.74, 6) is -0.544. The SMILES string of the molecule is CC(C)(C)OC(=O)c1ccc2cc3ccccc3cc2c1O. The predicted octanol–water partition coefficient (Wildman–Crippen LogP) is 4.65. The molecule has 1 N–H and O–H groups in total. The second kappa shape index (κ2) is 5.02. The van der Waals surface area contributed by atoms with Gasteiger partial charge in [0.15, 0.2) is 0 Å². The monoisotopic (exact) mass is 294 g/mol. The van der Waals surface area contributed by atoms with Crippen LogP contribution in [0.5, 0.6) is 5.75 Å². The Balaban J connectivity index is 2.16. The van der Waals surface area contributed by atoms with E-state index in [9.17, 15) is 9.90 Å². The lowest BCUT2D eigenvalue weighted by Gasteiger charge is -2.20. The molecule has 0 saturated heterocycles. The van der Waals surface area contributed by atoms with Crippen LogP contribution in [0.15, 0.2) is 48.5 Å². The molecule has 0 unspecified atom stereocenters. The molecule has 0 spiro atoms. The number of hydrogen-bond donors (Lipinski definition) is 1. The van der Waals surface area contributed by atoms with Crippen LogP contribution in [-0.2, 0) is 4.74 Å². The van der Waals surface area contributed by atoms with Crippen LogP contribution in [0.2, 0.25) is 0 Å². The van der Waals surface area contributed by atoms with Gasteiger partial charge in [0.1, 0.15) is 16.9 Å². The number of aromatic hydroxyl groups is 1. The molecule has 112 valence electrons. The molecule has 0 saturated carbocycles. The summed E-state index contributed by atoms with van der Waals surface area (Å²) >= 11 is 0. The number of esters is 1. The van der Waals surface area contributed by atoms with Crippen LogP contribution in [0.25, 0.3) is 21.5 Å². The van der Waals surface area contributed by atoms with E-state index in [1.165, 1.54) is 0 Å². The molecule has 0 amide bonds. The zero-order valence-electron chi connectivity index (χ0n) is 12.9. The summed E-state index contributed by atoms with van der Waals surface area (Å²) in [7, 11) is 0. The molecule has 0 aromatic heterocycles. The second-order valence-corrected chi connectivity index (χ2v) is 6.38. The van der Waals surface area contributed by atoms with Crippen molar-refractivity contribution >= 4 is 27.5 Å². The van der Waals surface area contributed by atoms with Crippen molar-refractivity contribution in [2.75, 3.05) is 0 Å². The van der Waals surface area contributed by atoms with Gasteiger partial charge in [0.2, 0.25) is 0 Å². The first-order valence-electron chi connectivity index (χ1n) is 7.23. The molecule has 3 aromatic carbocycles. The predicted molar refractivity (Wildman–Crippen MR) is 88.3 cm³/mol. The number of ether oxygens (including phenoxy) is 1. The molecule has 3 aromatic rings. The summed E-state index contributed by atoms with van der Waals surface area (Å²) in [4.78, 5) is 12.2. The smallest absolute Gasteiger partial charge is 0.342 e. The summed E-state index contributed by atoms with van der Waals surface area (Å²) < 4.78 is 5.34. The van der Waals surface area contributed by atoms with E-state index in [0.717, 1.165) is 16.2 Å². The number of rotatable bonds is 1. The summed E-state index contributed by atoms with van der Waals surface area (Å²) in [6.07, 6.45) is 0. The van der Waals surface area contributed by atoms with E-state index >= 15 is 0 Å². The van der Waals surface area contributed by atoms with Gasteiger partial charge in [0, 0.05) is 5.39 Å². The number of carbonyl (C=O) groups is 1. The van der Waals surface area contributed by atoms with Crippen LogP contribution in [0.1, 0.15) is 31.1 Å². The van der Waals surface area contributed by atoms with Crippen LogP contribution in [0.4, 0.5) is 0 Å². The Morgan fingerprint density at radius 1 is 0.955 bits per heavy atom. The fourth-order valence-electron chi connectivity index (χ4n) is 2.50. The van der Waals surface area contributed by atoms with Gasteiger partial charge in [-0.2, -0.15) is 0 Å². The molecule has 0 bridgehead atoms. The third-order valence-corrected chi connectivity index (χ3v) is 3.48. The average molecular weight is 294 g/mol. The molecule has 3 rings (SSSR count). The van der Waals surface area contributed by atoms with Gasteiger partial charge >= 0.3 is 5.97 Å². The lowest BCUT2D eigenvalue weighted by atomic mass is 10.0. The fraction of sp³-hybridized carbons (Fsp3) is 0.211. The molecule has 3 heteroatoms. The third-order valence-electron chi connectivity index (χ3n) is 3.48. The van der Waals surface area contributed by atoms with Crippen molar-refractivity contribution in [1.29, 1.82) is 0 Å². The van der Waals surface area contributed by atoms with Gasteiger partial charge in [0.05, 0.1) is 0 Å². The lowest BCUT2D eigenvalue weighted by molar-refractivity contribution is 0.00671. The maximum atomic E-state index is 12.2. The first kappa shape index (κ1) is 14.4. The molecule has 0 radical (unpaired) electrons.